The topological polar surface area (TPSA) is 175 Å². The highest BCUT2D eigenvalue weighted by atomic mass is 16.5. The number of ether oxygens (including phenoxy) is 2. The van der Waals surface area contributed by atoms with Crippen molar-refractivity contribution in [2.24, 2.45) is 11.8 Å². The quantitative estimate of drug-likeness (QED) is 0.162. The number of methoxy groups -OCH3 is 2. The van der Waals surface area contributed by atoms with E-state index in [4.69, 9.17) is 14.5 Å². The molecule has 14 heteroatoms. The van der Waals surface area contributed by atoms with Crippen LogP contribution in [-0.4, -0.2) is 93.1 Å². The van der Waals surface area contributed by atoms with E-state index in [9.17, 15) is 19.2 Å². The molecule has 14 nitrogen and oxygen atoms in total. The molecule has 0 aliphatic carbocycles. The Morgan fingerprint density at radius 1 is 0.731 bits per heavy atom. The number of hydrogen-bond donors (Lipinski definition) is 4. The molecular formula is C38H48N8O6. The molecule has 4 atom stereocenters. The van der Waals surface area contributed by atoms with Crippen molar-refractivity contribution in [1.29, 1.82) is 0 Å². The van der Waals surface area contributed by atoms with Gasteiger partial charge in [0.15, 0.2) is 0 Å². The van der Waals surface area contributed by atoms with E-state index < -0.39 is 24.3 Å². The average Bonchev–Trinajstić information content (AvgIpc) is 3.97. The van der Waals surface area contributed by atoms with E-state index in [1.807, 2.05) is 56.9 Å². The van der Waals surface area contributed by atoms with Gasteiger partial charge in [0.1, 0.15) is 23.7 Å². The number of aromatic nitrogens is 4. The van der Waals surface area contributed by atoms with Gasteiger partial charge in [-0.2, -0.15) is 0 Å². The highest BCUT2D eigenvalue weighted by molar-refractivity contribution is 5.88. The van der Waals surface area contributed by atoms with Gasteiger partial charge < -0.3 is 39.9 Å². The van der Waals surface area contributed by atoms with Crippen LogP contribution in [0.2, 0.25) is 0 Å². The normalized spacial score (nSPS) is 18.5. The van der Waals surface area contributed by atoms with Crippen molar-refractivity contribution in [3.05, 3.63) is 60.3 Å². The minimum absolute atomic E-state index is 0.108. The first-order chi connectivity index (χ1) is 25.0. The van der Waals surface area contributed by atoms with Gasteiger partial charge in [0.05, 0.1) is 49.2 Å². The van der Waals surface area contributed by atoms with Crippen LogP contribution in [0, 0.1) is 11.8 Å². The number of aromatic amines is 2. The molecule has 4 amide bonds. The smallest absolute Gasteiger partial charge is 0.407 e. The molecule has 276 valence electrons. The number of nitrogens with one attached hydrogen (secondary N) is 4. The van der Waals surface area contributed by atoms with E-state index in [1.165, 1.54) is 14.2 Å². The number of benzene rings is 2. The molecular weight excluding hydrogens is 664 g/mol. The van der Waals surface area contributed by atoms with Crippen LogP contribution in [0.4, 0.5) is 9.59 Å². The summed E-state index contributed by atoms with van der Waals surface area (Å²) in [5, 5.41) is 5.39. The van der Waals surface area contributed by atoms with Crippen LogP contribution in [0.25, 0.3) is 33.4 Å². The minimum atomic E-state index is -0.693. The molecule has 52 heavy (non-hydrogen) atoms. The fraction of sp³-hybridized carbons (Fsp3) is 0.474. The molecule has 2 aromatic carbocycles. The van der Waals surface area contributed by atoms with Crippen molar-refractivity contribution >= 4 is 35.0 Å². The maximum absolute atomic E-state index is 13.6. The van der Waals surface area contributed by atoms with E-state index in [-0.39, 0.29) is 35.7 Å². The van der Waals surface area contributed by atoms with Crippen molar-refractivity contribution < 1.29 is 28.7 Å². The summed E-state index contributed by atoms with van der Waals surface area (Å²) < 4.78 is 9.51. The fourth-order valence-corrected chi connectivity index (χ4v) is 7.25. The third-order valence-corrected chi connectivity index (χ3v) is 10.1. The monoisotopic (exact) mass is 712 g/mol. The van der Waals surface area contributed by atoms with E-state index in [0.717, 1.165) is 64.9 Å². The molecule has 2 aliphatic heterocycles. The number of hydrogen-bond acceptors (Lipinski definition) is 8. The molecule has 4 N–H and O–H groups in total. The molecule has 0 radical (unpaired) electrons. The number of carbonyl (C=O) groups excluding carboxylic acids is 4. The SMILES string of the molecule is COC(=O)NC(C(=O)N1CCC[C@H]1c1ncc(-c2ccc(-c3ccc4nc([C@@H]5CCCN5C(=O)[C@@H](NC(=O)OC)C(C)C)[nH]c4c3)cc2)[nH]1)C(C)C. The van der Waals surface area contributed by atoms with Gasteiger partial charge in [0, 0.05) is 13.1 Å². The summed E-state index contributed by atoms with van der Waals surface area (Å²) in [5.41, 5.74) is 5.54. The molecule has 0 bridgehead atoms. The molecule has 2 saturated heterocycles. The molecule has 0 spiro atoms. The highest BCUT2D eigenvalue weighted by Crippen LogP contribution is 2.35. The summed E-state index contributed by atoms with van der Waals surface area (Å²) in [4.78, 5) is 71.0. The Kier molecular flexibility index (Phi) is 10.8. The maximum atomic E-state index is 13.6. The zero-order valence-electron chi connectivity index (χ0n) is 30.6. The number of amides is 4. The first-order valence-corrected chi connectivity index (χ1v) is 17.9. The van der Waals surface area contributed by atoms with Crippen molar-refractivity contribution in [1.82, 2.24) is 40.4 Å². The second-order valence-electron chi connectivity index (χ2n) is 14.2. The first kappa shape index (κ1) is 36.4. The second kappa shape index (κ2) is 15.5. The predicted molar refractivity (Wildman–Crippen MR) is 195 cm³/mol. The van der Waals surface area contributed by atoms with Gasteiger partial charge in [-0.3, -0.25) is 9.59 Å². The van der Waals surface area contributed by atoms with Crippen LogP contribution in [0.3, 0.4) is 0 Å². The number of nitrogens with zero attached hydrogens (tertiary/aromatic N) is 4. The van der Waals surface area contributed by atoms with Crippen LogP contribution in [-0.2, 0) is 19.1 Å². The number of rotatable bonds is 10. The lowest BCUT2D eigenvalue weighted by Gasteiger charge is -2.30. The summed E-state index contributed by atoms with van der Waals surface area (Å²) in [7, 11) is 2.57. The molecule has 6 rings (SSSR count). The number of imidazole rings is 2. The van der Waals surface area contributed by atoms with Crippen molar-refractivity contribution in [2.75, 3.05) is 27.3 Å². The van der Waals surface area contributed by atoms with Crippen LogP contribution >= 0.6 is 0 Å². The molecule has 0 saturated carbocycles. The number of carbonyl (C=O) groups is 4. The van der Waals surface area contributed by atoms with Crippen molar-refractivity contribution in [3.8, 4) is 22.4 Å². The van der Waals surface area contributed by atoms with Crippen molar-refractivity contribution in [3.63, 3.8) is 0 Å². The van der Waals surface area contributed by atoms with Gasteiger partial charge in [-0.25, -0.2) is 19.6 Å². The van der Waals surface area contributed by atoms with E-state index in [2.05, 4.69) is 43.8 Å². The largest absolute Gasteiger partial charge is 0.453 e. The van der Waals surface area contributed by atoms with Crippen LogP contribution in [0.5, 0.6) is 0 Å². The van der Waals surface area contributed by atoms with E-state index in [0.29, 0.717) is 18.9 Å². The van der Waals surface area contributed by atoms with Crippen LogP contribution < -0.4 is 10.6 Å². The minimum Gasteiger partial charge on any atom is -0.453 e. The summed E-state index contributed by atoms with van der Waals surface area (Å²) in [5.74, 6) is 0.938. The third-order valence-electron chi connectivity index (χ3n) is 10.1. The average molecular weight is 713 g/mol. The molecule has 2 fully saturated rings. The van der Waals surface area contributed by atoms with Crippen LogP contribution in [0.1, 0.15) is 77.1 Å². The molecule has 4 aromatic rings. The van der Waals surface area contributed by atoms with Gasteiger partial charge in [0.2, 0.25) is 11.8 Å². The number of likely N-dealkylation sites (tertiary alicyclic amines) is 2. The Bertz CT molecular complexity index is 1920. The lowest BCUT2D eigenvalue weighted by molar-refractivity contribution is -0.136. The number of H-pyrrole nitrogens is 2. The predicted octanol–water partition coefficient (Wildman–Crippen LogP) is 5.71. The fourth-order valence-electron chi connectivity index (χ4n) is 7.25. The third kappa shape index (κ3) is 7.46. The number of fused-ring (bicyclic) bond motifs is 1. The van der Waals surface area contributed by atoms with Gasteiger partial charge in [-0.1, -0.05) is 58.0 Å². The van der Waals surface area contributed by atoms with Crippen LogP contribution in [0.15, 0.2) is 48.7 Å². The Morgan fingerprint density at radius 3 is 1.79 bits per heavy atom. The standard InChI is InChI=1S/C38H48N8O6/c1-21(2)31(43-37(49)51-5)35(47)45-17-7-9-29(45)33-39-20-28(42-33)24-13-11-23(12-14-24)25-15-16-26-27(19-25)41-34(40-26)30-10-8-18-46(30)36(48)32(22(3)4)44-38(50)52-6/h11-16,19-22,29-32H,7-10,17-18H2,1-6H3,(H,39,42)(H,40,41)(H,43,49)(H,44,50)/t29-,30-,31?,32-/m0/s1. The number of alkyl carbamates (subject to hydrolysis) is 2. The zero-order chi connectivity index (χ0) is 37.1. The lowest BCUT2D eigenvalue weighted by atomic mass is 10.0. The highest BCUT2D eigenvalue weighted by Gasteiger charge is 2.39. The van der Waals surface area contributed by atoms with Gasteiger partial charge in [-0.05, 0) is 66.3 Å². The molecule has 2 aliphatic rings. The summed E-state index contributed by atoms with van der Waals surface area (Å²) in [6, 6.07) is 12.5. The summed E-state index contributed by atoms with van der Waals surface area (Å²) in [6.45, 7) is 8.77. The van der Waals surface area contributed by atoms with Gasteiger partial charge in [-0.15, -0.1) is 0 Å². The van der Waals surface area contributed by atoms with Gasteiger partial charge in [0.25, 0.3) is 0 Å². The maximum Gasteiger partial charge on any atom is 0.407 e. The molecule has 4 heterocycles. The zero-order valence-corrected chi connectivity index (χ0v) is 30.6. The molecule has 1 unspecified atom stereocenters. The van der Waals surface area contributed by atoms with E-state index in [1.54, 1.807) is 11.1 Å². The summed E-state index contributed by atoms with van der Waals surface area (Å²) >= 11 is 0. The Balaban J connectivity index is 1.16. The van der Waals surface area contributed by atoms with Gasteiger partial charge >= 0.3 is 12.2 Å². The Morgan fingerprint density at radius 2 is 1.25 bits per heavy atom. The lowest BCUT2D eigenvalue weighted by Crippen LogP contribution is -2.51. The van der Waals surface area contributed by atoms with Crippen molar-refractivity contribution in [2.45, 2.75) is 77.5 Å². The molecule has 2 aromatic heterocycles. The summed E-state index contributed by atoms with van der Waals surface area (Å²) in [6.07, 6.45) is 3.78. The second-order valence-corrected chi connectivity index (χ2v) is 14.2. The first-order valence-electron chi connectivity index (χ1n) is 17.9. The Labute approximate surface area is 303 Å². The van der Waals surface area contributed by atoms with E-state index >= 15 is 0 Å². The Hall–Kier alpha value is -5.40.